The van der Waals surface area contributed by atoms with Gasteiger partial charge in [-0.2, -0.15) is 0 Å². The van der Waals surface area contributed by atoms with E-state index < -0.39 is 0 Å². The number of likely N-dealkylation sites (tertiary alicyclic amines) is 1. The highest BCUT2D eigenvalue weighted by Gasteiger charge is 2.24. The Bertz CT molecular complexity index is 812. The van der Waals surface area contributed by atoms with E-state index in [2.05, 4.69) is 48.5 Å². The summed E-state index contributed by atoms with van der Waals surface area (Å²) in [5, 5.41) is 0.704. The predicted octanol–water partition coefficient (Wildman–Crippen LogP) is 4.40. The molecule has 1 aromatic heterocycles. The summed E-state index contributed by atoms with van der Waals surface area (Å²) < 4.78 is 2.86. The number of fused-ring (bicyclic) bond motifs is 1. The smallest absolute Gasteiger partial charge is 0.261 e. The maximum atomic E-state index is 13.2. The van der Waals surface area contributed by atoms with Crippen LogP contribution in [0.4, 0.5) is 0 Å². The molecular formula is C20H28BrN3O. The molecule has 1 aliphatic heterocycles. The fourth-order valence-corrected chi connectivity index (χ4v) is 4.16. The lowest BCUT2D eigenvalue weighted by Gasteiger charge is -2.36. The van der Waals surface area contributed by atoms with Gasteiger partial charge >= 0.3 is 0 Å². The van der Waals surface area contributed by atoms with Crippen molar-refractivity contribution in [1.82, 2.24) is 14.5 Å². The van der Waals surface area contributed by atoms with Crippen LogP contribution in [0, 0.1) is 5.92 Å². The average Bonchev–Trinajstić information content (AvgIpc) is 2.57. The molecule has 0 saturated carbocycles. The minimum Gasteiger partial charge on any atom is -0.301 e. The molecule has 25 heavy (non-hydrogen) atoms. The van der Waals surface area contributed by atoms with Crippen molar-refractivity contribution in [3.63, 3.8) is 0 Å². The van der Waals surface area contributed by atoms with Gasteiger partial charge in [-0.1, -0.05) is 29.8 Å². The summed E-state index contributed by atoms with van der Waals surface area (Å²) in [4.78, 5) is 20.5. The highest BCUT2D eigenvalue weighted by molar-refractivity contribution is 9.10. The summed E-state index contributed by atoms with van der Waals surface area (Å²) in [7, 11) is 0. The topological polar surface area (TPSA) is 38.1 Å². The lowest BCUT2D eigenvalue weighted by molar-refractivity contribution is 0.129. The normalized spacial score (nSPS) is 19.2. The largest absolute Gasteiger partial charge is 0.301 e. The standard InChI is InChI=1S/C20H28BrN3O/c1-13(2)19-22-18-8-7-16(21)10-17(18)20(25)24(19)12-15-6-5-9-23(11-15)14(3)4/h7-8,10,13-15H,5-6,9,11-12H2,1-4H3/t15-/m0/s1. The zero-order valence-corrected chi connectivity index (χ0v) is 17.2. The molecule has 0 aliphatic carbocycles. The summed E-state index contributed by atoms with van der Waals surface area (Å²) in [6.45, 7) is 11.7. The third-order valence-electron chi connectivity index (χ3n) is 5.18. The van der Waals surface area contributed by atoms with Crippen LogP contribution in [-0.4, -0.2) is 33.6 Å². The number of hydrogen-bond acceptors (Lipinski definition) is 3. The number of rotatable bonds is 4. The third-order valence-corrected chi connectivity index (χ3v) is 5.68. The van der Waals surface area contributed by atoms with Gasteiger partial charge in [0.15, 0.2) is 0 Å². The molecule has 1 aliphatic rings. The van der Waals surface area contributed by atoms with E-state index in [-0.39, 0.29) is 11.5 Å². The Morgan fingerprint density at radius 1 is 1.28 bits per heavy atom. The number of halogens is 1. The van der Waals surface area contributed by atoms with Crippen molar-refractivity contribution in [2.75, 3.05) is 13.1 Å². The summed E-state index contributed by atoms with van der Waals surface area (Å²) >= 11 is 3.48. The maximum Gasteiger partial charge on any atom is 0.261 e. The Morgan fingerprint density at radius 3 is 2.72 bits per heavy atom. The zero-order chi connectivity index (χ0) is 18.1. The fraction of sp³-hybridized carbons (Fsp3) is 0.600. The van der Waals surface area contributed by atoms with Crippen molar-refractivity contribution in [2.45, 2.75) is 59.0 Å². The lowest BCUT2D eigenvalue weighted by atomic mass is 9.96. The Morgan fingerprint density at radius 2 is 2.04 bits per heavy atom. The Labute approximate surface area is 158 Å². The first-order chi connectivity index (χ1) is 11.9. The van der Waals surface area contributed by atoms with E-state index in [1.54, 1.807) is 0 Å². The second-order valence-electron chi connectivity index (χ2n) is 7.80. The first kappa shape index (κ1) is 18.6. The maximum absolute atomic E-state index is 13.2. The van der Waals surface area contributed by atoms with Gasteiger partial charge in [-0.3, -0.25) is 9.36 Å². The molecule has 136 valence electrons. The molecule has 1 fully saturated rings. The summed E-state index contributed by atoms with van der Waals surface area (Å²) in [5.74, 6) is 1.64. The van der Waals surface area contributed by atoms with Gasteiger partial charge in [0.05, 0.1) is 10.9 Å². The van der Waals surface area contributed by atoms with Gasteiger partial charge in [0.2, 0.25) is 0 Å². The minimum atomic E-state index is 0.0941. The third kappa shape index (κ3) is 3.98. The van der Waals surface area contributed by atoms with Crippen LogP contribution in [0.15, 0.2) is 27.5 Å². The van der Waals surface area contributed by atoms with Crippen molar-refractivity contribution >= 4 is 26.8 Å². The second kappa shape index (κ2) is 7.58. The average molecular weight is 406 g/mol. The van der Waals surface area contributed by atoms with E-state index in [4.69, 9.17) is 4.98 Å². The van der Waals surface area contributed by atoms with Crippen LogP contribution in [-0.2, 0) is 6.54 Å². The van der Waals surface area contributed by atoms with Gasteiger partial charge in [0.1, 0.15) is 5.82 Å². The molecule has 1 aromatic carbocycles. The van der Waals surface area contributed by atoms with E-state index in [1.165, 1.54) is 19.4 Å². The van der Waals surface area contributed by atoms with E-state index in [9.17, 15) is 4.79 Å². The fourth-order valence-electron chi connectivity index (χ4n) is 3.80. The van der Waals surface area contributed by atoms with Gasteiger partial charge in [0, 0.05) is 29.5 Å². The van der Waals surface area contributed by atoms with Crippen LogP contribution in [0.3, 0.4) is 0 Å². The molecule has 0 spiro atoms. The Kier molecular flexibility index (Phi) is 5.64. The molecular weight excluding hydrogens is 378 g/mol. The summed E-state index contributed by atoms with van der Waals surface area (Å²) in [5.41, 5.74) is 0.886. The van der Waals surface area contributed by atoms with Crippen LogP contribution < -0.4 is 5.56 Å². The van der Waals surface area contributed by atoms with E-state index in [1.807, 2.05) is 22.8 Å². The Hall–Kier alpha value is -1.20. The molecule has 2 heterocycles. The monoisotopic (exact) mass is 405 g/mol. The second-order valence-corrected chi connectivity index (χ2v) is 8.71. The van der Waals surface area contributed by atoms with Gasteiger partial charge < -0.3 is 4.90 Å². The van der Waals surface area contributed by atoms with Gasteiger partial charge in [-0.05, 0) is 57.4 Å². The molecule has 0 unspecified atom stereocenters. The van der Waals surface area contributed by atoms with Gasteiger partial charge in [-0.15, -0.1) is 0 Å². The van der Waals surface area contributed by atoms with Crippen molar-refractivity contribution in [3.05, 3.63) is 38.9 Å². The first-order valence-electron chi connectivity index (χ1n) is 9.31. The van der Waals surface area contributed by atoms with E-state index in [0.29, 0.717) is 17.3 Å². The van der Waals surface area contributed by atoms with Crippen molar-refractivity contribution < 1.29 is 0 Å². The number of piperidine rings is 1. The molecule has 0 bridgehead atoms. The molecule has 1 atom stereocenters. The van der Waals surface area contributed by atoms with Crippen molar-refractivity contribution in [2.24, 2.45) is 5.92 Å². The predicted molar refractivity (Wildman–Crippen MR) is 107 cm³/mol. The van der Waals surface area contributed by atoms with Crippen LogP contribution in [0.1, 0.15) is 52.3 Å². The summed E-state index contributed by atoms with van der Waals surface area (Å²) in [6, 6.07) is 6.34. The van der Waals surface area contributed by atoms with Crippen LogP contribution in [0.5, 0.6) is 0 Å². The van der Waals surface area contributed by atoms with Crippen LogP contribution in [0.25, 0.3) is 10.9 Å². The molecule has 0 radical (unpaired) electrons. The van der Waals surface area contributed by atoms with E-state index in [0.717, 1.165) is 28.9 Å². The highest BCUT2D eigenvalue weighted by Crippen LogP contribution is 2.23. The van der Waals surface area contributed by atoms with Gasteiger partial charge in [0.25, 0.3) is 5.56 Å². The lowest BCUT2D eigenvalue weighted by Crippen LogP contribution is -2.42. The van der Waals surface area contributed by atoms with Crippen molar-refractivity contribution in [3.8, 4) is 0 Å². The van der Waals surface area contributed by atoms with Crippen molar-refractivity contribution in [1.29, 1.82) is 0 Å². The molecule has 0 N–H and O–H groups in total. The Balaban J connectivity index is 2.00. The molecule has 1 saturated heterocycles. The first-order valence-corrected chi connectivity index (χ1v) is 10.1. The van der Waals surface area contributed by atoms with E-state index >= 15 is 0 Å². The van der Waals surface area contributed by atoms with Gasteiger partial charge in [-0.25, -0.2) is 4.98 Å². The highest BCUT2D eigenvalue weighted by atomic mass is 79.9. The zero-order valence-electron chi connectivity index (χ0n) is 15.6. The molecule has 0 amide bonds. The number of aromatic nitrogens is 2. The number of nitrogens with zero attached hydrogens (tertiary/aromatic N) is 3. The van der Waals surface area contributed by atoms with Crippen LogP contribution >= 0.6 is 15.9 Å². The summed E-state index contributed by atoms with van der Waals surface area (Å²) in [6.07, 6.45) is 2.39. The molecule has 5 heteroatoms. The molecule has 2 aromatic rings. The number of hydrogen-bond donors (Lipinski definition) is 0. The molecule has 3 rings (SSSR count). The quantitative estimate of drug-likeness (QED) is 0.755. The van der Waals surface area contributed by atoms with Crippen LogP contribution in [0.2, 0.25) is 0 Å². The minimum absolute atomic E-state index is 0.0941. The molecule has 4 nitrogen and oxygen atoms in total. The SMILES string of the molecule is CC(C)c1nc2ccc(Br)cc2c(=O)n1C[C@H]1CCCN(C(C)C)C1. The number of benzene rings is 1.